The summed E-state index contributed by atoms with van der Waals surface area (Å²) in [4.78, 5) is 25.7. The molecule has 1 aromatic rings. The van der Waals surface area contributed by atoms with E-state index in [-0.39, 0.29) is 30.1 Å². The van der Waals surface area contributed by atoms with E-state index in [1.807, 2.05) is 13.8 Å². The zero-order valence-corrected chi connectivity index (χ0v) is 13.7. The van der Waals surface area contributed by atoms with Crippen molar-refractivity contribution in [2.75, 3.05) is 13.1 Å². The number of hydrogen-bond acceptors (Lipinski definition) is 3. The van der Waals surface area contributed by atoms with Crippen LogP contribution in [0, 0.1) is 16.6 Å². The van der Waals surface area contributed by atoms with Crippen molar-refractivity contribution in [2.45, 2.75) is 26.4 Å². The van der Waals surface area contributed by atoms with Crippen molar-refractivity contribution in [1.82, 2.24) is 4.90 Å². The van der Waals surface area contributed by atoms with Gasteiger partial charge in [-0.05, 0) is 18.6 Å². The van der Waals surface area contributed by atoms with Crippen molar-refractivity contribution < 1.29 is 18.4 Å². The molecule has 4 nitrogen and oxygen atoms in total. The number of benzene rings is 1. The monoisotopic (exact) mass is 334 g/mol. The lowest BCUT2D eigenvalue weighted by Crippen LogP contribution is -2.61. The maximum atomic E-state index is 14.4. The number of halogens is 2. The Morgan fingerprint density at radius 2 is 1.92 bits per heavy atom. The molecule has 2 N–H and O–H groups in total. The molecule has 128 valence electrons. The Balaban J connectivity index is 1.74. The molecule has 0 aromatic heterocycles. The Morgan fingerprint density at radius 1 is 1.29 bits per heavy atom. The summed E-state index contributed by atoms with van der Waals surface area (Å²) in [5.74, 6) is -1.60. The van der Waals surface area contributed by atoms with E-state index in [9.17, 15) is 18.4 Å². The predicted octanol–water partition coefficient (Wildman–Crippen LogP) is 2.51. The number of allylic oxidation sites excluding steroid dienone is 1. The molecule has 24 heavy (non-hydrogen) atoms. The van der Waals surface area contributed by atoms with E-state index in [2.05, 4.69) is 0 Å². The van der Waals surface area contributed by atoms with E-state index in [1.54, 1.807) is 6.08 Å². The molecule has 2 aliphatic rings. The number of amides is 1. The first kappa shape index (κ1) is 16.6. The van der Waals surface area contributed by atoms with E-state index < -0.39 is 28.7 Å². The Hall–Kier alpha value is -2.24. The average Bonchev–Trinajstić information content (AvgIpc) is 2.48. The largest absolute Gasteiger partial charge is 0.396 e. The van der Waals surface area contributed by atoms with Gasteiger partial charge in [-0.2, -0.15) is 0 Å². The number of nitrogens with zero attached hydrogens (tertiary/aromatic N) is 1. The summed E-state index contributed by atoms with van der Waals surface area (Å²) in [7, 11) is 0. The highest BCUT2D eigenvalue weighted by Crippen LogP contribution is 2.47. The quantitative estimate of drug-likeness (QED) is 0.904. The standard InChI is InChI=1S/C18H20F2N2O2/c1-17(2)8-18(7-13(21)15(17)23)9-22(10-18)16(24)14(20)11-5-3-4-6-12(11)19/h3-7,14H,8-10,21H2,1-2H3. The number of carbonyl (C=O) groups excluding carboxylic acids is 2. The van der Waals surface area contributed by atoms with Crippen molar-refractivity contribution in [2.24, 2.45) is 16.6 Å². The van der Waals surface area contributed by atoms with Gasteiger partial charge in [-0.3, -0.25) is 9.59 Å². The SMILES string of the molecule is CC1(C)CC2(C=C(N)C1=O)CN(C(=O)C(F)c1ccccc1F)C2. The molecule has 0 radical (unpaired) electrons. The molecule has 6 heteroatoms. The molecule has 1 aliphatic heterocycles. The van der Waals surface area contributed by atoms with Gasteiger partial charge in [0.2, 0.25) is 6.17 Å². The van der Waals surface area contributed by atoms with Gasteiger partial charge in [0, 0.05) is 29.5 Å². The summed E-state index contributed by atoms with van der Waals surface area (Å²) < 4.78 is 28.0. The lowest BCUT2D eigenvalue weighted by Gasteiger charge is -2.53. The molecular weight excluding hydrogens is 314 g/mol. The van der Waals surface area contributed by atoms with E-state index >= 15 is 0 Å². The topological polar surface area (TPSA) is 63.4 Å². The normalized spacial score (nSPS) is 22.8. The smallest absolute Gasteiger partial charge is 0.261 e. The summed E-state index contributed by atoms with van der Waals surface area (Å²) in [6, 6.07) is 5.34. The van der Waals surface area contributed by atoms with Crippen molar-refractivity contribution in [3.63, 3.8) is 0 Å². The van der Waals surface area contributed by atoms with Gasteiger partial charge in [-0.1, -0.05) is 32.0 Å². The number of ketones is 1. The Labute approximate surface area is 139 Å². The number of Topliss-reactive ketones (excluding diaryl/α,β-unsaturated/α-hetero) is 1. The fourth-order valence-corrected chi connectivity index (χ4v) is 3.84. The van der Waals surface area contributed by atoms with E-state index in [4.69, 9.17) is 5.73 Å². The highest BCUT2D eigenvalue weighted by molar-refractivity contribution is 5.99. The number of hydrogen-bond donors (Lipinski definition) is 1. The third-order valence-corrected chi connectivity index (χ3v) is 4.85. The van der Waals surface area contributed by atoms with Crippen molar-refractivity contribution in [1.29, 1.82) is 0 Å². The molecule has 1 amide bonds. The molecule has 1 unspecified atom stereocenters. The molecule has 0 bridgehead atoms. The second-order valence-corrected chi connectivity index (χ2v) is 7.43. The minimum absolute atomic E-state index is 0.104. The van der Waals surface area contributed by atoms with Crippen LogP contribution in [0.5, 0.6) is 0 Å². The first-order valence-electron chi connectivity index (χ1n) is 7.86. The Bertz CT molecular complexity index is 736. The third-order valence-electron chi connectivity index (χ3n) is 4.85. The van der Waals surface area contributed by atoms with E-state index in [0.29, 0.717) is 6.42 Å². The predicted molar refractivity (Wildman–Crippen MR) is 84.9 cm³/mol. The van der Waals surface area contributed by atoms with E-state index in [0.717, 1.165) is 6.07 Å². The highest BCUT2D eigenvalue weighted by atomic mass is 19.1. The second-order valence-electron chi connectivity index (χ2n) is 7.43. The lowest BCUT2D eigenvalue weighted by molar-refractivity contribution is -0.149. The van der Waals surface area contributed by atoms with Crippen molar-refractivity contribution in [3.8, 4) is 0 Å². The van der Waals surface area contributed by atoms with Gasteiger partial charge in [-0.15, -0.1) is 0 Å². The molecule has 1 aromatic carbocycles. The van der Waals surface area contributed by atoms with Crippen LogP contribution >= 0.6 is 0 Å². The summed E-state index contributed by atoms with van der Waals surface area (Å²) in [5, 5.41) is 0. The first-order valence-corrected chi connectivity index (χ1v) is 7.86. The van der Waals surface area contributed by atoms with Gasteiger partial charge in [-0.25, -0.2) is 8.78 Å². The molecule has 1 aliphatic carbocycles. The summed E-state index contributed by atoms with van der Waals surface area (Å²) in [6.45, 7) is 4.22. The minimum Gasteiger partial charge on any atom is -0.396 e. The number of rotatable bonds is 2. The second kappa shape index (κ2) is 5.40. The van der Waals surface area contributed by atoms with Crippen LogP contribution in [0.2, 0.25) is 0 Å². The van der Waals surface area contributed by atoms with Crippen LogP contribution < -0.4 is 5.73 Å². The van der Waals surface area contributed by atoms with Gasteiger partial charge >= 0.3 is 0 Å². The zero-order valence-electron chi connectivity index (χ0n) is 13.7. The summed E-state index contributed by atoms with van der Waals surface area (Å²) >= 11 is 0. The van der Waals surface area contributed by atoms with Gasteiger partial charge in [0.15, 0.2) is 5.78 Å². The van der Waals surface area contributed by atoms with Crippen LogP contribution in [0.1, 0.15) is 32.0 Å². The van der Waals surface area contributed by atoms with E-state index in [1.165, 1.54) is 23.1 Å². The number of carbonyl (C=O) groups is 2. The number of alkyl halides is 1. The van der Waals surface area contributed by atoms with Crippen LogP contribution in [0.25, 0.3) is 0 Å². The fraction of sp³-hybridized carbons (Fsp3) is 0.444. The molecule has 0 saturated carbocycles. The molecule has 1 fully saturated rings. The maximum Gasteiger partial charge on any atom is 0.261 e. The van der Waals surface area contributed by atoms with Gasteiger partial charge in [0.25, 0.3) is 5.91 Å². The van der Waals surface area contributed by atoms with Crippen LogP contribution in [0.3, 0.4) is 0 Å². The summed E-state index contributed by atoms with van der Waals surface area (Å²) in [5.41, 5.74) is 4.76. The van der Waals surface area contributed by atoms with Crippen molar-refractivity contribution >= 4 is 11.7 Å². The van der Waals surface area contributed by atoms with Crippen LogP contribution in [-0.4, -0.2) is 29.7 Å². The van der Waals surface area contributed by atoms with Crippen LogP contribution in [-0.2, 0) is 9.59 Å². The summed E-state index contributed by atoms with van der Waals surface area (Å²) in [6.07, 6.45) is 0.226. The Kier molecular flexibility index (Phi) is 3.73. The minimum atomic E-state index is -2.02. The highest BCUT2D eigenvalue weighted by Gasteiger charge is 2.52. The average molecular weight is 334 g/mol. The van der Waals surface area contributed by atoms with Gasteiger partial charge in [0.1, 0.15) is 5.82 Å². The van der Waals surface area contributed by atoms with Crippen molar-refractivity contribution in [3.05, 3.63) is 47.4 Å². The van der Waals surface area contributed by atoms with Gasteiger partial charge < -0.3 is 10.6 Å². The molecule has 3 rings (SSSR count). The third kappa shape index (κ3) is 2.60. The molecule has 1 atom stereocenters. The molecular formula is C18H20F2N2O2. The first-order chi connectivity index (χ1) is 11.2. The number of likely N-dealkylation sites (tertiary alicyclic amines) is 1. The van der Waals surface area contributed by atoms with Crippen LogP contribution in [0.15, 0.2) is 36.0 Å². The molecule has 1 spiro atoms. The maximum absolute atomic E-state index is 14.4. The Morgan fingerprint density at radius 3 is 2.50 bits per heavy atom. The fourth-order valence-electron chi connectivity index (χ4n) is 3.84. The van der Waals surface area contributed by atoms with Crippen LogP contribution in [0.4, 0.5) is 8.78 Å². The zero-order chi connectivity index (χ0) is 17.7. The number of nitrogens with two attached hydrogens (primary N) is 1. The van der Waals surface area contributed by atoms with Gasteiger partial charge in [0.05, 0.1) is 5.70 Å². The molecule has 1 heterocycles. The molecule has 1 saturated heterocycles. The lowest BCUT2D eigenvalue weighted by atomic mass is 9.62.